The van der Waals surface area contributed by atoms with Crippen LogP contribution < -0.4 is 10.6 Å². The molecule has 0 spiro atoms. The van der Waals surface area contributed by atoms with Crippen molar-refractivity contribution in [3.05, 3.63) is 18.0 Å². The Morgan fingerprint density at radius 3 is 2.60 bits per heavy atom. The Hall–Kier alpha value is -2.05. The number of hydrogen-bond acceptors (Lipinski definition) is 4. The third kappa shape index (κ3) is 6.21. The number of carbonyl (C=O) groups excluding carboxylic acids is 1. The van der Waals surface area contributed by atoms with E-state index in [4.69, 9.17) is 5.11 Å². The average molecular weight is 283 g/mol. The minimum atomic E-state index is -0.906. The first-order valence-corrected chi connectivity index (χ1v) is 6.42. The van der Waals surface area contributed by atoms with E-state index in [1.165, 1.54) is 6.26 Å². The van der Waals surface area contributed by atoms with Crippen LogP contribution in [0.1, 0.15) is 32.9 Å². The Morgan fingerprint density at radius 1 is 1.40 bits per heavy atom. The lowest BCUT2D eigenvalue weighted by Gasteiger charge is -2.23. The molecule has 1 rings (SSSR count). The van der Waals surface area contributed by atoms with Crippen molar-refractivity contribution in [1.29, 1.82) is 0 Å². The van der Waals surface area contributed by atoms with E-state index in [0.29, 0.717) is 12.1 Å². The van der Waals surface area contributed by atoms with Crippen LogP contribution in [-0.4, -0.2) is 28.8 Å². The van der Waals surface area contributed by atoms with Gasteiger partial charge in [-0.3, -0.25) is 4.79 Å². The molecular weight excluding hydrogens is 262 g/mol. The van der Waals surface area contributed by atoms with E-state index in [-0.39, 0.29) is 18.5 Å². The van der Waals surface area contributed by atoms with Gasteiger partial charge in [-0.05, 0) is 11.8 Å². The molecule has 3 N–H and O–H groups in total. The van der Waals surface area contributed by atoms with E-state index in [1.54, 1.807) is 6.07 Å². The predicted octanol–water partition coefficient (Wildman–Crippen LogP) is 1.61. The molecule has 0 radical (unpaired) electrons. The molecule has 0 fully saturated rings. The molecule has 0 bridgehead atoms. The van der Waals surface area contributed by atoms with Gasteiger partial charge in [0.05, 0.1) is 12.5 Å². The molecule has 0 saturated carbocycles. The van der Waals surface area contributed by atoms with Gasteiger partial charge in [-0.2, -0.15) is 0 Å². The van der Waals surface area contributed by atoms with Gasteiger partial charge in [0.15, 0.2) is 0 Å². The van der Waals surface area contributed by atoms with Crippen LogP contribution in [-0.2, 0) is 11.3 Å². The summed E-state index contributed by atoms with van der Waals surface area (Å²) >= 11 is 0. The van der Waals surface area contributed by atoms with Crippen LogP contribution in [0.5, 0.6) is 0 Å². The molecule has 7 nitrogen and oxygen atoms in total. The first kappa shape index (κ1) is 16.0. The molecule has 7 heteroatoms. The summed E-state index contributed by atoms with van der Waals surface area (Å²) in [6, 6.07) is 1.22. The fourth-order valence-corrected chi connectivity index (χ4v) is 1.76. The maximum Gasteiger partial charge on any atom is 0.315 e. The zero-order valence-corrected chi connectivity index (χ0v) is 12.0. The molecule has 1 aromatic heterocycles. The number of aliphatic carboxylic acids is 1. The van der Waals surface area contributed by atoms with Crippen molar-refractivity contribution >= 4 is 12.0 Å². The van der Waals surface area contributed by atoms with Gasteiger partial charge in [0, 0.05) is 12.6 Å². The smallest absolute Gasteiger partial charge is 0.315 e. The first-order chi connectivity index (χ1) is 9.28. The Morgan fingerprint density at radius 2 is 2.10 bits per heavy atom. The average Bonchev–Trinajstić information content (AvgIpc) is 2.83. The van der Waals surface area contributed by atoms with Crippen LogP contribution in [0.4, 0.5) is 4.79 Å². The van der Waals surface area contributed by atoms with Gasteiger partial charge >= 0.3 is 12.0 Å². The molecule has 1 atom stereocenters. The van der Waals surface area contributed by atoms with E-state index >= 15 is 0 Å². The topological polar surface area (TPSA) is 104 Å². The molecule has 1 heterocycles. The van der Waals surface area contributed by atoms with Crippen molar-refractivity contribution in [3.63, 3.8) is 0 Å². The van der Waals surface area contributed by atoms with Gasteiger partial charge in [0.25, 0.3) is 0 Å². The van der Waals surface area contributed by atoms with Crippen molar-refractivity contribution < 1.29 is 19.2 Å². The van der Waals surface area contributed by atoms with Gasteiger partial charge < -0.3 is 20.3 Å². The number of amides is 2. The molecule has 1 aromatic rings. The Bertz CT molecular complexity index is 437. The number of aromatic nitrogens is 1. The van der Waals surface area contributed by atoms with Crippen molar-refractivity contribution in [1.82, 2.24) is 15.8 Å². The highest BCUT2D eigenvalue weighted by molar-refractivity contribution is 5.75. The summed E-state index contributed by atoms with van der Waals surface area (Å²) in [4.78, 5) is 22.7. The van der Waals surface area contributed by atoms with E-state index in [9.17, 15) is 9.59 Å². The maximum atomic E-state index is 11.6. The van der Waals surface area contributed by atoms with Crippen LogP contribution in [0.3, 0.4) is 0 Å². The number of nitrogens with one attached hydrogen (secondary N) is 2. The summed E-state index contributed by atoms with van der Waals surface area (Å²) in [6.45, 7) is 6.23. The maximum absolute atomic E-state index is 11.6. The number of carbonyl (C=O) groups is 2. The summed E-state index contributed by atoms with van der Waals surface area (Å²) in [6.07, 6.45) is 1.91. The fourth-order valence-electron chi connectivity index (χ4n) is 1.76. The zero-order valence-electron chi connectivity index (χ0n) is 12.0. The molecule has 0 aromatic carbocycles. The van der Waals surface area contributed by atoms with Gasteiger partial charge in [0.1, 0.15) is 12.0 Å². The standard InChI is InChI=1S/C13H21N3O4/c1-13(2,3)6-9(11(17)18)7-14-12(19)15-8-10-4-5-20-16-10/h4-5,9H,6-8H2,1-3H3,(H,17,18)(H2,14,15,19). The minimum absolute atomic E-state index is 0.0945. The molecule has 0 aliphatic carbocycles. The molecule has 0 saturated heterocycles. The van der Waals surface area contributed by atoms with Crippen molar-refractivity contribution in [2.75, 3.05) is 6.54 Å². The second-order valence-electron chi connectivity index (χ2n) is 5.85. The number of urea groups is 1. The SMILES string of the molecule is CC(C)(C)CC(CNC(=O)NCc1ccon1)C(=O)O. The van der Waals surface area contributed by atoms with Crippen LogP contribution in [0, 0.1) is 11.3 Å². The highest BCUT2D eigenvalue weighted by Gasteiger charge is 2.24. The van der Waals surface area contributed by atoms with Gasteiger partial charge in [-0.15, -0.1) is 0 Å². The monoisotopic (exact) mass is 283 g/mol. The normalized spacial score (nSPS) is 12.8. The van der Waals surface area contributed by atoms with Crippen LogP contribution in [0.25, 0.3) is 0 Å². The van der Waals surface area contributed by atoms with E-state index in [0.717, 1.165) is 0 Å². The number of carboxylic acids is 1. The second-order valence-corrected chi connectivity index (χ2v) is 5.85. The summed E-state index contributed by atoms with van der Waals surface area (Å²) < 4.78 is 4.63. The third-order valence-corrected chi connectivity index (χ3v) is 2.64. The van der Waals surface area contributed by atoms with Gasteiger partial charge in [0.2, 0.25) is 0 Å². The summed E-state index contributed by atoms with van der Waals surface area (Å²) in [5.74, 6) is -1.51. The minimum Gasteiger partial charge on any atom is -0.481 e. The summed E-state index contributed by atoms with van der Waals surface area (Å²) in [5.41, 5.74) is 0.492. The van der Waals surface area contributed by atoms with Crippen LogP contribution >= 0.6 is 0 Å². The fraction of sp³-hybridized carbons (Fsp3) is 0.615. The van der Waals surface area contributed by atoms with E-state index in [2.05, 4.69) is 20.3 Å². The number of carboxylic acid groups (broad SMARTS) is 1. The number of rotatable bonds is 6. The quantitative estimate of drug-likeness (QED) is 0.735. The zero-order chi connectivity index (χ0) is 15.2. The summed E-state index contributed by atoms with van der Waals surface area (Å²) in [5, 5.41) is 17.9. The van der Waals surface area contributed by atoms with Crippen molar-refractivity contribution in [2.24, 2.45) is 11.3 Å². The van der Waals surface area contributed by atoms with E-state index in [1.807, 2.05) is 20.8 Å². The lowest BCUT2D eigenvalue weighted by atomic mass is 9.84. The highest BCUT2D eigenvalue weighted by Crippen LogP contribution is 2.24. The molecule has 20 heavy (non-hydrogen) atoms. The van der Waals surface area contributed by atoms with Crippen molar-refractivity contribution in [2.45, 2.75) is 33.7 Å². The first-order valence-electron chi connectivity index (χ1n) is 6.42. The largest absolute Gasteiger partial charge is 0.481 e. The molecule has 0 aliphatic rings. The van der Waals surface area contributed by atoms with Crippen molar-refractivity contribution in [3.8, 4) is 0 Å². The lowest BCUT2D eigenvalue weighted by molar-refractivity contribution is -0.142. The number of hydrogen-bond donors (Lipinski definition) is 3. The Balaban J connectivity index is 2.35. The van der Waals surface area contributed by atoms with E-state index < -0.39 is 17.9 Å². The predicted molar refractivity (Wildman–Crippen MR) is 71.9 cm³/mol. The Kier molecular flexibility index (Phi) is 5.54. The molecule has 2 amide bonds. The second kappa shape index (κ2) is 6.93. The lowest BCUT2D eigenvalue weighted by Crippen LogP contribution is -2.40. The molecule has 1 unspecified atom stereocenters. The molecule has 0 aliphatic heterocycles. The Labute approximate surface area is 117 Å². The van der Waals surface area contributed by atoms with Gasteiger partial charge in [-0.25, -0.2) is 4.79 Å². The molecular formula is C13H21N3O4. The van der Waals surface area contributed by atoms with Crippen LogP contribution in [0.15, 0.2) is 16.9 Å². The molecule has 112 valence electrons. The highest BCUT2D eigenvalue weighted by atomic mass is 16.5. The van der Waals surface area contributed by atoms with Gasteiger partial charge in [-0.1, -0.05) is 25.9 Å². The number of nitrogens with zero attached hydrogens (tertiary/aromatic N) is 1. The van der Waals surface area contributed by atoms with Crippen LogP contribution in [0.2, 0.25) is 0 Å². The third-order valence-electron chi connectivity index (χ3n) is 2.64. The summed E-state index contributed by atoms with van der Waals surface area (Å²) in [7, 11) is 0.